The summed E-state index contributed by atoms with van der Waals surface area (Å²) in [7, 11) is 3.16. The van der Waals surface area contributed by atoms with E-state index in [1.165, 1.54) is 7.11 Å². The van der Waals surface area contributed by atoms with Crippen LogP contribution in [-0.2, 0) is 22.5 Å². The Hall–Kier alpha value is -1.43. The molecule has 0 aliphatic heterocycles. The van der Waals surface area contributed by atoms with Gasteiger partial charge in [-0.15, -0.1) is 0 Å². The zero-order valence-corrected chi connectivity index (χ0v) is 10.8. The summed E-state index contributed by atoms with van der Waals surface area (Å²) in [6, 6.07) is 0. The van der Waals surface area contributed by atoms with E-state index in [9.17, 15) is 4.79 Å². The summed E-state index contributed by atoms with van der Waals surface area (Å²) in [5.74, 6) is 1.44. The summed E-state index contributed by atoms with van der Waals surface area (Å²) >= 11 is 0. The summed E-state index contributed by atoms with van der Waals surface area (Å²) in [6.07, 6.45) is 0.796. The Morgan fingerprint density at radius 2 is 2.24 bits per heavy atom. The van der Waals surface area contributed by atoms with Crippen molar-refractivity contribution in [1.82, 2.24) is 15.0 Å². The van der Waals surface area contributed by atoms with Gasteiger partial charge in [0, 0.05) is 6.42 Å². The van der Waals surface area contributed by atoms with Crippen LogP contribution in [0.1, 0.15) is 25.6 Å². The fourth-order valence-electron chi connectivity index (χ4n) is 1.37. The fourth-order valence-corrected chi connectivity index (χ4v) is 1.37. The molecule has 0 atom stereocenters. The molecule has 0 saturated carbocycles. The molecule has 0 aromatic carbocycles. The zero-order valence-electron chi connectivity index (χ0n) is 10.8. The number of aromatic nitrogens is 2. The predicted molar refractivity (Wildman–Crippen MR) is 61.2 cm³/mol. The molecule has 0 fully saturated rings. The van der Waals surface area contributed by atoms with Crippen LogP contribution in [0.15, 0.2) is 4.52 Å². The summed E-state index contributed by atoms with van der Waals surface area (Å²) < 4.78 is 9.67. The number of hydrogen-bond acceptors (Lipinski definition) is 6. The molecule has 0 N–H and O–H groups in total. The third-order valence-electron chi connectivity index (χ3n) is 2.13. The largest absolute Gasteiger partial charge is 0.468 e. The van der Waals surface area contributed by atoms with Crippen molar-refractivity contribution in [2.75, 3.05) is 20.7 Å². The van der Waals surface area contributed by atoms with Crippen molar-refractivity contribution >= 4 is 5.97 Å². The molecule has 0 unspecified atom stereocenters. The first-order valence-corrected chi connectivity index (χ1v) is 5.58. The van der Waals surface area contributed by atoms with E-state index in [1.807, 2.05) is 0 Å². The number of hydrogen-bond donors (Lipinski definition) is 0. The minimum absolute atomic E-state index is 0.207. The van der Waals surface area contributed by atoms with Gasteiger partial charge in [0.25, 0.3) is 0 Å². The second kappa shape index (κ2) is 6.34. The van der Waals surface area contributed by atoms with Crippen LogP contribution < -0.4 is 0 Å². The summed E-state index contributed by atoms with van der Waals surface area (Å²) in [5, 5.41) is 3.88. The average Bonchev–Trinajstić information content (AvgIpc) is 2.63. The summed E-state index contributed by atoms with van der Waals surface area (Å²) in [6.45, 7) is 4.84. The molecule has 96 valence electrons. The standard InChI is InChI=1S/C11H19N3O3/c1-8(2)5-9-12-10(17-13-9)6-14(3)7-11(15)16-4/h8H,5-7H2,1-4H3. The monoisotopic (exact) mass is 241 g/mol. The normalized spacial score (nSPS) is 11.2. The van der Waals surface area contributed by atoms with Gasteiger partial charge in [0.15, 0.2) is 5.82 Å². The van der Waals surface area contributed by atoms with Crippen LogP contribution in [0.4, 0.5) is 0 Å². The molecule has 1 aromatic heterocycles. The van der Waals surface area contributed by atoms with Gasteiger partial charge >= 0.3 is 5.97 Å². The maximum atomic E-state index is 11.0. The lowest BCUT2D eigenvalue weighted by Crippen LogP contribution is -2.26. The van der Waals surface area contributed by atoms with Crippen molar-refractivity contribution in [1.29, 1.82) is 0 Å². The van der Waals surface area contributed by atoms with E-state index < -0.39 is 0 Å². The van der Waals surface area contributed by atoms with Crippen molar-refractivity contribution in [2.45, 2.75) is 26.8 Å². The number of carbonyl (C=O) groups is 1. The van der Waals surface area contributed by atoms with E-state index in [-0.39, 0.29) is 12.5 Å². The maximum Gasteiger partial charge on any atom is 0.319 e. The van der Waals surface area contributed by atoms with Crippen molar-refractivity contribution in [2.24, 2.45) is 5.92 Å². The van der Waals surface area contributed by atoms with Crippen LogP contribution in [0.5, 0.6) is 0 Å². The van der Waals surface area contributed by atoms with Gasteiger partial charge < -0.3 is 9.26 Å². The SMILES string of the molecule is COC(=O)CN(C)Cc1nc(CC(C)C)no1. The Balaban J connectivity index is 2.45. The highest BCUT2D eigenvalue weighted by Gasteiger charge is 2.12. The van der Waals surface area contributed by atoms with Crippen LogP contribution in [0, 0.1) is 5.92 Å². The number of esters is 1. The Bertz CT molecular complexity index is 363. The fraction of sp³-hybridized carbons (Fsp3) is 0.727. The van der Waals surface area contributed by atoms with E-state index in [0.717, 1.165) is 6.42 Å². The molecule has 0 bridgehead atoms. The van der Waals surface area contributed by atoms with Crippen molar-refractivity contribution in [3.05, 3.63) is 11.7 Å². The van der Waals surface area contributed by atoms with Gasteiger partial charge in [-0.2, -0.15) is 4.98 Å². The number of likely N-dealkylation sites (N-methyl/N-ethyl adjacent to an activating group) is 1. The van der Waals surface area contributed by atoms with E-state index >= 15 is 0 Å². The molecule has 0 aliphatic rings. The van der Waals surface area contributed by atoms with Crippen molar-refractivity contribution < 1.29 is 14.1 Å². The quantitative estimate of drug-likeness (QED) is 0.688. The minimum atomic E-state index is -0.283. The van der Waals surface area contributed by atoms with E-state index in [0.29, 0.717) is 24.2 Å². The van der Waals surface area contributed by atoms with Gasteiger partial charge in [0.1, 0.15) is 0 Å². The van der Waals surface area contributed by atoms with Crippen LogP contribution in [0.3, 0.4) is 0 Å². The Morgan fingerprint density at radius 3 is 2.82 bits per heavy atom. The Morgan fingerprint density at radius 1 is 1.53 bits per heavy atom. The Labute approximate surface area is 101 Å². The van der Waals surface area contributed by atoms with Gasteiger partial charge in [-0.3, -0.25) is 9.69 Å². The molecule has 6 nitrogen and oxygen atoms in total. The van der Waals surface area contributed by atoms with Crippen LogP contribution >= 0.6 is 0 Å². The maximum absolute atomic E-state index is 11.0. The first-order valence-electron chi connectivity index (χ1n) is 5.58. The predicted octanol–water partition coefficient (Wildman–Crippen LogP) is 0.873. The van der Waals surface area contributed by atoms with E-state index in [4.69, 9.17) is 4.52 Å². The third kappa shape index (κ3) is 4.95. The molecule has 0 amide bonds. The van der Waals surface area contributed by atoms with E-state index in [1.54, 1.807) is 11.9 Å². The second-order valence-corrected chi connectivity index (χ2v) is 4.45. The third-order valence-corrected chi connectivity index (χ3v) is 2.13. The number of ether oxygens (including phenoxy) is 1. The summed E-state index contributed by atoms with van der Waals surface area (Å²) in [5.41, 5.74) is 0. The first-order chi connectivity index (χ1) is 8.01. The van der Waals surface area contributed by atoms with Crippen LogP contribution in [0.25, 0.3) is 0 Å². The molecular weight excluding hydrogens is 222 g/mol. The highest BCUT2D eigenvalue weighted by molar-refractivity contribution is 5.71. The highest BCUT2D eigenvalue weighted by Crippen LogP contribution is 2.06. The number of methoxy groups -OCH3 is 1. The lowest BCUT2D eigenvalue weighted by Gasteiger charge is -2.11. The molecule has 1 rings (SSSR count). The van der Waals surface area contributed by atoms with Gasteiger partial charge in [0.05, 0.1) is 20.2 Å². The van der Waals surface area contributed by atoms with Crippen molar-refractivity contribution in [3.8, 4) is 0 Å². The van der Waals surface area contributed by atoms with Gasteiger partial charge in [0.2, 0.25) is 5.89 Å². The Kier molecular flexibility index (Phi) is 5.09. The minimum Gasteiger partial charge on any atom is -0.468 e. The molecule has 17 heavy (non-hydrogen) atoms. The van der Waals surface area contributed by atoms with Gasteiger partial charge in [-0.05, 0) is 13.0 Å². The van der Waals surface area contributed by atoms with E-state index in [2.05, 4.69) is 28.7 Å². The zero-order chi connectivity index (χ0) is 12.8. The lowest BCUT2D eigenvalue weighted by atomic mass is 10.1. The van der Waals surface area contributed by atoms with Gasteiger partial charge in [-0.25, -0.2) is 0 Å². The van der Waals surface area contributed by atoms with Crippen LogP contribution in [-0.4, -0.2) is 41.7 Å². The smallest absolute Gasteiger partial charge is 0.319 e. The topological polar surface area (TPSA) is 68.5 Å². The first kappa shape index (κ1) is 13.6. The number of carbonyl (C=O) groups excluding carboxylic acids is 1. The average molecular weight is 241 g/mol. The summed E-state index contributed by atoms with van der Waals surface area (Å²) in [4.78, 5) is 17.0. The molecule has 0 spiro atoms. The molecule has 0 radical (unpaired) electrons. The molecule has 1 aromatic rings. The molecule has 0 aliphatic carbocycles. The second-order valence-electron chi connectivity index (χ2n) is 4.45. The lowest BCUT2D eigenvalue weighted by molar-refractivity contribution is -0.141. The number of nitrogens with zero attached hydrogens (tertiary/aromatic N) is 3. The van der Waals surface area contributed by atoms with Gasteiger partial charge in [-0.1, -0.05) is 19.0 Å². The van der Waals surface area contributed by atoms with Crippen LogP contribution in [0.2, 0.25) is 0 Å². The molecule has 6 heteroatoms. The molecule has 0 saturated heterocycles. The molecular formula is C11H19N3O3. The van der Waals surface area contributed by atoms with Crippen molar-refractivity contribution in [3.63, 3.8) is 0 Å². The molecule has 1 heterocycles. The highest BCUT2D eigenvalue weighted by atomic mass is 16.5. The number of rotatable bonds is 6.